The van der Waals surface area contributed by atoms with Gasteiger partial charge in [0.1, 0.15) is 11.5 Å². The minimum Gasteiger partial charge on any atom is -0.457 e. The van der Waals surface area contributed by atoms with E-state index in [-0.39, 0.29) is 0 Å². The standard InChI is InChI=1S/C27H22N2O3/c30-26(27(31,22-12-4-1-5-13-22)23-14-6-2-7-15-23)29-28-20-21-11-10-18-25(19-21)32-24-16-8-3-9-17-24/h1-20,31H,(H,29,30)/b28-20+. The first-order valence-corrected chi connectivity index (χ1v) is 10.2. The van der Waals surface area contributed by atoms with Crippen LogP contribution in [0.1, 0.15) is 16.7 Å². The molecular formula is C27H22N2O3. The molecule has 0 aliphatic carbocycles. The van der Waals surface area contributed by atoms with Gasteiger partial charge in [-0.15, -0.1) is 0 Å². The van der Waals surface area contributed by atoms with E-state index in [0.29, 0.717) is 16.9 Å². The van der Waals surface area contributed by atoms with Crippen molar-refractivity contribution in [1.29, 1.82) is 0 Å². The third-order valence-corrected chi connectivity index (χ3v) is 4.93. The van der Waals surface area contributed by atoms with Crippen molar-refractivity contribution in [3.05, 3.63) is 132 Å². The normalized spacial score (nSPS) is 11.3. The molecule has 4 aromatic carbocycles. The fourth-order valence-electron chi connectivity index (χ4n) is 3.32. The van der Waals surface area contributed by atoms with Crippen molar-refractivity contribution in [3.8, 4) is 11.5 Å². The van der Waals surface area contributed by atoms with Crippen molar-refractivity contribution in [2.24, 2.45) is 5.10 Å². The largest absolute Gasteiger partial charge is 0.457 e. The highest BCUT2D eigenvalue weighted by molar-refractivity contribution is 5.91. The van der Waals surface area contributed by atoms with Crippen molar-refractivity contribution >= 4 is 12.1 Å². The number of hydrogen-bond donors (Lipinski definition) is 2. The van der Waals surface area contributed by atoms with E-state index in [1.54, 1.807) is 48.5 Å². The van der Waals surface area contributed by atoms with Crippen LogP contribution >= 0.6 is 0 Å². The first kappa shape index (κ1) is 21.0. The average Bonchev–Trinajstić information content (AvgIpc) is 2.85. The van der Waals surface area contributed by atoms with Crippen LogP contribution < -0.4 is 10.2 Å². The van der Waals surface area contributed by atoms with Gasteiger partial charge in [-0.25, -0.2) is 5.43 Å². The summed E-state index contributed by atoms with van der Waals surface area (Å²) in [6, 6.07) is 34.4. The van der Waals surface area contributed by atoms with Crippen molar-refractivity contribution in [3.63, 3.8) is 0 Å². The van der Waals surface area contributed by atoms with E-state index in [4.69, 9.17) is 4.74 Å². The monoisotopic (exact) mass is 422 g/mol. The van der Waals surface area contributed by atoms with Crippen molar-refractivity contribution in [1.82, 2.24) is 5.43 Å². The number of hydrogen-bond acceptors (Lipinski definition) is 4. The molecule has 5 heteroatoms. The number of nitrogens with one attached hydrogen (secondary N) is 1. The van der Waals surface area contributed by atoms with Gasteiger partial charge >= 0.3 is 0 Å². The molecule has 0 saturated carbocycles. The first-order valence-electron chi connectivity index (χ1n) is 10.2. The molecule has 2 N–H and O–H groups in total. The maximum atomic E-state index is 13.1. The molecule has 0 unspecified atom stereocenters. The SMILES string of the molecule is O=C(N/N=C/c1cccc(Oc2ccccc2)c1)C(O)(c1ccccc1)c1ccccc1. The Morgan fingerprint density at radius 2 is 1.28 bits per heavy atom. The van der Waals surface area contributed by atoms with Crippen LogP contribution in [-0.2, 0) is 10.4 Å². The lowest BCUT2D eigenvalue weighted by atomic mass is 9.85. The molecule has 0 aliphatic heterocycles. The van der Waals surface area contributed by atoms with Gasteiger partial charge in [0.15, 0.2) is 5.60 Å². The Morgan fingerprint density at radius 1 is 0.750 bits per heavy atom. The van der Waals surface area contributed by atoms with Crippen LogP contribution in [-0.4, -0.2) is 17.2 Å². The molecule has 158 valence electrons. The number of carbonyl (C=O) groups excluding carboxylic acids is 1. The van der Waals surface area contributed by atoms with Gasteiger partial charge in [0.2, 0.25) is 0 Å². The van der Waals surface area contributed by atoms with E-state index in [1.807, 2.05) is 66.7 Å². The second-order valence-electron chi connectivity index (χ2n) is 7.13. The van der Waals surface area contributed by atoms with E-state index in [0.717, 1.165) is 11.3 Å². The van der Waals surface area contributed by atoms with Crippen molar-refractivity contribution in [2.45, 2.75) is 5.60 Å². The topological polar surface area (TPSA) is 70.9 Å². The second-order valence-corrected chi connectivity index (χ2v) is 7.13. The number of ether oxygens (including phenoxy) is 1. The number of para-hydroxylation sites is 1. The summed E-state index contributed by atoms with van der Waals surface area (Å²) in [6.45, 7) is 0. The van der Waals surface area contributed by atoms with Crippen LogP contribution in [0.2, 0.25) is 0 Å². The number of rotatable bonds is 7. The van der Waals surface area contributed by atoms with Gasteiger partial charge in [0.05, 0.1) is 6.21 Å². The Hall–Kier alpha value is -4.22. The highest BCUT2D eigenvalue weighted by Gasteiger charge is 2.39. The fraction of sp³-hybridized carbons (Fsp3) is 0.0370. The molecule has 0 aromatic heterocycles. The Bertz CT molecular complexity index is 1150. The van der Waals surface area contributed by atoms with E-state index >= 15 is 0 Å². The molecule has 32 heavy (non-hydrogen) atoms. The van der Waals surface area contributed by atoms with Crippen molar-refractivity contribution in [2.75, 3.05) is 0 Å². The molecule has 1 amide bonds. The minimum absolute atomic E-state index is 0.456. The first-order chi connectivity index (χ1) is 15.7. The minimum atomic E-state index is -1.88. The Kier molecular flexibility index (Phi) is 6.39. The predicted octanol–water partition coefficient (Wildman–Crippen LogP) is 4.87. The Balaban J connectivity index is 1.52. The van der Waals surface area contributed by atoms with Gasteiger partial charge in [-0.1, -0.05) is 91.0 Å². The van der Waals surface area contributed by atoms with Crippen LogP contribution in [0.15, 0.2) is 120 Å². The zero-order valence-electron chi connectivity index (χ0n) is 17.3. The number of aliphatic hydroxyl groups is 1. The number of nitrogens with zero attached hydrogens (tertiary/aromatic N) is 1. The lowest BCUT2D eigenvalue weighted by Gasteiger charge is -2.27. The molecule has 0 aliphatic rings. The lowest BCUT2D eigenvalue weighted by molar-refractivity contribution is -0.136. The van der Waals surface area contributed by atoms with Crippen LogP contribution in [0, 0.1) is 0 Å². The third-order valence-electron chi connectivity index (χ3n) is 4.93. The molecule has 0 radical (unpaired) electrons. The summed E-state index contributed by atoms with van der Waals surface area (Å²) in [5.41, 5.74) is 2.25. The number of benzene rings is 4. The van der Waals surface area contributed by atoms with E-state index in [1.165, 1.54) is 6.21 Å². The molecule has 0 bridgehead atoms. The van der Waals surface area contributed by atoms with E-state index in [2.05, 4.69) is 10.5 Å². The molecular weight excluding hydrogens is 400 g/mol. The summed E-state index contributed by atoms with van der Waals surface area (Å²) < 4.78 is 5.83. The quantitative estimate of drug-likeness (QED) is 0.330. The smallest absolute Gasteiger partial charge is 0.281 e. The van der Waals surface area contributed by atoms with Gasteiger partial charge in [0.25, 0.3) is 5.91 Å². The maximum Gasteiger partial charge on any atom is 0.281 e. The van der Waals surface area contributed by atoms with Gasteiger partial charge in [-0.2, -0.15) is 5.10 Å². The number of hydrazone groups is 1. The molecule has 0 heterocycles. The second kappa shape index (κ2) is 9.73. The summed E-state index contributed by atoms with van der Waals surface area (Å²) in [7, 11) is 0. The summed E-state index contributed by atoms with van der Waals surface area (Å²) in [5.74, 6) is 0.727. The average molecular weight is 422 g/mol. The van der Waals surface area contributed by atoms with Gasteiger partial charge < -0.3 is 9.84 Å². The Labute approximate surface area is 186 Å². The van der Waals surface area contributed by atoms with Crippen LogP contribution in [0.4, 0.5) is 0 Å². The summed E-state index contributed by atoms with van der Waals surface area (Å²) in [6.07, 6.45) is 1.51. The predicted molar refractivity (Wildman–Crippen MR) is 125 cm³/mol. The highest BCUT2D eigenvalue weighted by atomic mass is 16.5. The Morgan fingerprint density at radius 3 is 1.88 bits per heavy atom. The third kappa shape index (κ3) is 4.74. The van der Waals surface area contributed by atoms with Crippen LogP contribution in [0.3, 0.4) is 0 Å². The lowest BCUT2D eigenvalue weighted by Crippen LogP contribution is -2.43. The summed E-state index contributed by atoms with van der Waals surface area (Å²) in [4.78, 5) is 13.1. The molecule has 0 saturated heterocycles. The number of carbonyl (C=O) groups is 1. The molecule has 0 fully saturated rings. The zero-order chi connectivity index (χ0) is 22.2. The number of amides is 1. The van der Waals surface area contributed by atoms with Crippen molar-refractivity contribution < 1.29 is 14.6 Å². The molecule has 4 rings (SSSR count). The van der Waals surface area contributed by atoms with Crippen LogP contribution in [0.5, 0.6) is 11.5 Å². The molecule has 4 aromatic rings. The summed E-state index contributed by atoms with van der Waals surface area (Å²) >= 11 is 0. The van der Waals surface area contributed by atoms with E-state index < -0.39 is 11.5 Å². The summed E-state index contributed by atoms with van der Waals surface area (Å²) in [5, 5.41) is 15.5. The maximum absolute atomic E-state index is 13.1. The van der Waals surface area contributed by atoms with E-state index in [9.17, 15) is 9.90 Å². The van der Waals surface area contributed by atoms with Gasteiger partial charge in [-0.05, 0) is 41.0 Å². The molecule has 0 atom stereocenters. The molecule has 5 nitrogen and oxygen atoms in total. The molecule has 0 spiro atoms. The van der Waals surface area contributed by atoms with Gasteiger partial charge in [-0.3, -0.25) is 4.79 Å². The van der Waals surface area contributed by atoms with Gasteiger partial charge in [0, 0.05) is 0 Å². The zero-order valence-corrected chi connectivity index (χ0v) is 17.3. The highest BCUT2D eigenvalue weighted by Crippen LogP contribution is 2.30. The van der Waals surface area contributed by atoms with Crippen LogP contribution in [0.25, 0.3) is 0 Å². The fourth-order valence-corrected chi connectivity index (χ4v) is 3.32.